The van der Waals surface area contributed by atoms with E-state index in [1.54, 1.807) is 23.9 Å². The molecule has 1 heterocycles. The van der Waals surface area contributed by atoms with Gasteiger partial charge in [-0.1, -0.05) is 36.0 Å². The number of hydrogen-bond acceptors (Lipinski definition) is 5. The quantitative estimate of drug-likeness (QED) is 0.493. The molecule has 0 radical (unpaired) electrons. The Balaban J connectivity index is 1.56. The summed E-state index contributed by atoms with van der Waals surface area (Å²) in [5.41, 5.74) is 1.95. The van der Waals surface area contributed by atoms with Crippen LogP contribution in [-0.2, 0) is 5.75 Å². The highest BCUT2D eigenvalue weighted by Crippen LogP contribution is 2.41. The van der Waals surface area contributed by atoms with Crippen molar-refractivity contribution in [2.24, 2.45) is 0 Å². The number of nitrogens with zero attached hydrogens (tertiary/aromatic N) is 3. The highest BCUT2D eigenvalue weighted by Gasteiger charge is 2.31. The van der Waals surface area contributed by atoms with Crippen LogP contribution in [0.5, 0.6) is 11.5 Å². The summed E-state index contributed by atoms with van der Waals surface area (Å²) in [5.74, 6) is 2.36. The number of alkyl halides is 2. The van der Waals surface area contributed by atoms with Gasteiger partial charge in [-0.05, 0) is 42.7 Å². The van der Waals surface area contributed by atoms with E-state index in [-0.39, 0.29) is 11.5 Å². The van der Waals surface area contributed by atoms with Crippen molar-refractivity contribution in [3.05, 3.63) is 59.9 Å². The summed E-state index contributed by atoms with van der Waals surface area (Å²) in [4.78, 5) is 0. The van der Waals surface area contributed by atoms with Gasteiger partial charge in [0, 0.05) is 17.4 Å². The second-order valence-electron chi connectivity index (χ2n) is 6.44. The van der Waals surface area contributed by atoms with E-state index < -0.39 is 6.61 Å². The number of ether oxygens (including phenoxy) is 2. The molecule has 1 aromatic heterocycles. The predicted molar refractivity (Wildman–Crippen MR) is 103 cm³/mol. The Hall–Kier alpha value is -2.61. The van der Waals surface area contributed by atoms with Crippen LogP contribution in [0.1, 0.15) is 30.1 Å². The molecule has 0 N–H and O–H groups in total. The van der Waals surface area contributed by atoms with Crippen LogP contribution in [-0.4, -0.2) is 28.5 Å². The molecule has 0 spiro atoms. The van der Waals surface area contributed by atoms with E-state index in [1.165, 1.54) is 13.2 Å². The SMILES string of the molecule is COc1cc(CSc2nnc(C3CC3)n2-c2ccccc2)ccc1OC(F)F. The van der Waals surface area contributed by atoms with Gasteiger partial charge in [-0.3, -0.25) is 4.57 Å². The van der Waals surface area contributed by atoms with Crippen molar-refractivity contribution < 1.29 is 18.3 Å². The van der Waals surface area contributed by atoms with E-state index in [2.05, 4.69) is 19.5 Å². The maximum absolute atomic E-state index is 12.5. The van der Waals surface area contributed by atoms with Crippen LogP contribution in [0.25, 0.3) is 5.69 Å². The summed E-state index contributed by atoms with van der Waals surface area (Å²) in [6.45, 7) is -2.89. The molecule has 1 saturated carbocycles. The van der Waals surface area contributed by atoms with Gasteiger partial charge in [0.15, 0.2) is 16.7 Å². The number of benzene rings is 2. The van der Waals surface area contributed by atoms with Gasteiger partial charge in [0.1, 0.15) is 5.82 Å². The van der Waals surface area contributed by atoms with Crippen LogP contribution in [0.3, 0.4) is 0 Å². The smallest absolute Gasteiger partial charge is 0.387 e. The van der Waals surface area contributed by atoms with E-state index in [4.69, 9.17) is 4.74 Å². The molecule has 4 rings (SSSR count). The topological polar surface area (TPSA) is 49.2 Å². The highest BCUT2D eigenvalue weighted by atomic mass is 32.2. The summed E-state index contributed by atoms with van der Waals surface area (Å²) < 4.78 is 36.7. The van der Waals surface area contributed by atoms with E-state index in [9.17, 15) is 8.78 Å². The minimum atomic E-state index is -2.89. The van der Waals surface area contributed by atoms with Crippen LogP contribution >= 0.6 is 11.8 Å². The molecule has 0 atom stereocenters. The van der Waals surface area contributed by atoms with E-state index in [0.29, 0.717) is 11.7 Å². The number of thioether (sulfide) groups is 1. The fraction of sp³-hybridized carbons (Fsp3) is 0.300. The number of hydrogen-bond donors (Lipinski definition) is 0. The van der Waals surface area contributed by atoms with Crippen LogP contribution in [0.4, 0.5) is 8.78 Å². The molecule has 0 saturated heterocycles. The van der Waals surface area contributed by atoms with Crippen molar-refractivity contribution in [3.8, 4) is 17.2 Å². The lowest BCUT2D eigenvalue weighted by atomic mass is 10.2. The zero-order valence-corrected chi connectivity index (χ0v) is 16.0. The standard InChI is InChI=1S/C20H19F2N3O2S/c1-26-17-11-13(7-10-16(17)27-19(21)22)12-28-20-24-23-18(14-8-9-14)25(20)15-5-3-2-4-6-15/h2-7,10-11,14,19H,8-9,12H2,1H3. The van der Waals surface area contributed by atoms with E-state index in [1.807, 2.05) is 30.3 Å². The average molecular weight is 403 g/mol. The predicted octanol–water partition coefficient (Wildman–Crippen LogP) is 5.05. The second-order valence-corrected chi connectivity index (χ2v) is 7.38. The lowest BCUT2D eigenvalue weighted by molar-refractivity contribution is -0.0512. The van der Waals surface area contributed by atoms with Gasteiger partial charge in [-0.2, -0.15) is 8.78 Å². The molecule has 1 fully saturated rings. The normalized spacial score (nSPS) is 13.7. The van der Waals surface area contributed by atoms with E-state index in [0.717, 1.165) is 35.1 Å². The van der Waals surface area contributed by atoms with Gasteiger partial charge in [-0.25, -0.2) is 0 Å². The molecule has 8 heteroatoms. The first-order chi connectivity index (χ1) is 13.7. The molecule has 5 nitrogen and oxygen atoms in total. The molecule has 0 aliphatic heterocycles. The summed E-state index contributed by atoms with van der Waals surface area (Å²) in [6, 6.07) is 15.0. The number of rotatable bonds is 8. The van der Waals surface area contributed by atoms with Gasteiger partial charge in [0.2, 0.25) is 0 Å². The Morgan fingerprint density at radius 1 is 1.11 bits per heavy atom. The fourth-order valence-electron chi connectivity index (χ4n) is 2.94. The van der Waals surface area contributed by atoms with Crippen molar-refractivity contribution >= 4 is 11.8 Å². The largest absolute Gasteiger partial charge is 0.493 e. The first-order valence-electron chi connectivity index (χ1n) is 8.91. The van der Waals surface area contributed by atoms with Crippen molar-refractivity contribution in [3.63, 3.8) is 0 Å². The number of methoxy groups -OCH3 is 1. The number of para-hydroxylation sites is 1. The molecule has 3 aromatic rings. The number of aromatic nitrogens is 3. The third kappa shape index (κ3) is 4.11. The Bertz CT molecular complexity index is 946. The number of halogens is 2. The van der Waals surface area contributed by atoms with Gasteiger partial charge in [-0.15, -0.1) is 10.2 Å². The van der Waals surface area contributed by atoms with Crippen LogP contribution in [0.15, 0.2) is 53.7 Å². The molecule has 0 unspecified atom stereocenters. The minimum Gasteiger partial charge on any atom is -0.493 e. The zero-order chi connectivity index (χ0) is 19.5. The Labute approximate surface area is 165 Å². The summed E-state index contributed by atoms with van der Waals surface area (Å²) in [6.07, 6.45) is 2.27. The first kappa shape index (κ1) is 18.7. The fourth-order valence-corrected chi connectivity index (χ4v) is 3.85. The van der Waals surface area contributed by atoms with Gasteiger partial charge in [0.25, 0.3) is 0 Å². The van der Waals surface area contributed by atoms with Crippen molar-refractivity contribution in [1.29, 1.82) is 0 Å². The summed E-state index contributed by atoms with van der Waals surface area (Å²) >= 11 is 1.54. The van der Waals surface area contributed by atoms with Gasteiger partial charge < -0.3 is 9.47 Å². The lowest BCUT2D eigenvalue weighted by Gasteiger charge is -2.12. The van der Waals surface area contributed by atoms with Crippen molar-refractivity contribution in [2.75, 3.05) is 7.11 Å². The summed E-state index contributed by atoms with van der Waals surface area (Å²) in [7, 11) is 1.43. The zero-order valence-electron chi connectivity index (χ0n) is 15.2. The first-order valence-corrected chi connectivity index (χ1v) is 9.89. The molecule has 28 heavy (non-hydrogen) atoms. The van der Waals surface area contributed by atoms with Crippen LogP contribution in [0, 0.1) is 0 Å². The van der Waals surface area contributed by atoms with Crippen molar-refractivity contribution in [2.45, 2.75) is 36.3 Å². The van der Waals surface area contributed by atoms with Crippen LogP contribution in [0.2, 0.25) is 0 Å². The maximum Gasteiger partial charge on any atom is 0.387 e. The Kier molecular flexibility index (Phi) is 5.47. The third-order valence-corrected chi connectivity index (χ3v) is 5.43. The Morgan fingerprint density at radius 3 is 2.57 bits per heavy atom. The molecular weight excluding hydrogens is 384 g/mol. The highest BCUT2D eigenvalue weighted by molar-refractivity contribution is 7.98. The van der Waals surface area contributed by atoms with E-state index >= 15 is 0 Å². The Morgan fingerprint density at radius 2 is 1.89 bits per heavy atom. The molecule has 146 valence electrons. The van der Waals surface area contributed by atoms with Crippen LogP contribution < -0.4 is 9.47 Å². The third-order valence-electron chi connectivity index (χ3n) is 4.43. The molecule has 1 aliphatic rings. The molecular formula is C20H19F2N3O2S. The molecule has 0 bridgehead atoms. The molecule has 1 aliphatic carbocycles. The monoisotopic (exact) mass is 403 g/mol. The minimum absolute atomic E-state index is 0.0229. The lowest BCUT2D eigenvalue weighted by Crippen LogP contribution is -2.04. The summed E-state index contributed by atoms with van der Waals surface area (Å²) in [5, 5.41) is 9.61. The van der Waals surface area contributed by atoms with Gasteiger partial charge >= 0.3 is 6.61 Å². The molecule has 2 aromatic carbocycles. The second kappa shape index (κ2) is 8.18. The molecule has 0 amide bonds. The van der Waals surface area contributed by atoms with Crippen molar-refractivity contribution in [1.82, 2.24) is 14.8 Å². The van der Waals surface area contributed by atoms with Gasteiger partial charge in [0.05, 0.1) is 7.11 Å². The average Bonchev–Trinajstić information content (AvgIpc) is 3.46. The maximum atomic E-state index is 12.5.